The third-order valence-electron chi connectivity index (χ3n) is 3.68. The number of nitrogens with one attached hydrogen (secondary N) is 1. The molecule has 1 aromatic rings. The molecule has 0 saturated heterocycles. The second-order valence-electron chi connectivity index (χ2n) is 6.92. The van der Waals surface area contributed by atoms with Gasteiger partial charge >= 0.3 is 18.1 Å². The Balaban J connectivity index is 2.07. The molecule has 1 atom stereocenters. The lowest BCUT2D eigenvalue weighted by Crippen LogP contribution is -2.54. The first kappa shape index (κ1) is 18.8. The fourth-order valence-electron chi connectivity index (χ4n) is 2.68. The van der Waals surface area contributed by atoms with Crippen LogP contribution in [-0.2, 0) is 27.7 Å². The van der Waals surface area contributed by atoms with E-state index >= 15 is 0 Å². The smallest absolute Gasteiger partial charge is 0.416 e. The van der Waals surface area contributed by atoms with Gasteiger partial charge in [0.2, 0.25) is 0 Å². The van der Waals surface area contributed by atoms with Crippen LogP contribution in [0.4, 0.5) is 9.59 Å². The number of hydrogen-bond acceptors (Lipinski definition) is 5. The van der Waals surface area contributed by atoms with Crippen molar-refractivity contribution < 1.29 is 28.4 Å². The molecule has 1 aliphatic heterocycles. The number of imidazole rings is 1. The summed E-state index contributed by atoms with van der Waals surface area (Å²) in [5.41, 5.74) is 0.133. The van der Waals surface area contributed by atoms with Crippen molar-refractivity contribution >= 4 is 18.1 Å². The SMILES string of the molecule is COC(=O)[C@@H]1Cc2c[n+](C)cn2C(=O)N1CCNC(=O)OC(C)(C)C. The van der Waals surface area contributed by atoms with Gasteiger partial charge in [-0.15, -0.1) is 4.57 Å². The first-order valence-electron chi connectivity index (χ1n) is 8.04. The highest BCUT2D eigenvalue weighted by atomic mass is 16.6. The van der Waals surface area contributed by atoms with E-state index in [4.69, 9.17) is 9.47 Å². The zero-order valence-corrected chi connectivity index (χ0v) is 15.2. The Kier molecular flexibility index (Phi) is 5.34. The summed E-state index contributed by atoms with van der Waals surface area (Å²) in [4.78, 5) is 37.9. The van der Waals surface area contributed by atoms with Crippen LogP contribution in [-0.4, -0.2) is 59.4 Å². The summed E-state index contributed by atoms with van der Waals surface area (Å²) >= 11 is 0. The van der Waals surface area contributed by atoms with Crippen LogP contribution in [0.25, 0.3) is 0 Å². The Hall–Kier alpha value is -2.58. The number of rotatable bonds is 4. The minimum atomic E-state index is -0.722. The number of carbonyl (C=O) groups is 3. The monoisotopic (exact) mass is 353 g/mol. The van der Waals surface area contributed by atoms with Crippen molar-refractivity contribution in [2.45, 2.75) is 38.8 Å². The minimum Gasteiger partial charge on any atom is -0.467 e. The van der Waals surface area contributed by atoms with Crippen molar-refractivity contribution in [3.8, 4) is 0 Å². The van der Waals surface area contributed by atoms with E-state index in [1.54, 1.807) is 44.9 Å². The van der Waals surface area contributed by atoms with E-state index in [0.717, 1.165) is 5.69 Å². The molecule has 0 aliphatic carbocycles. The summed E-state index contributed by atoms with van der Waals surface area (Å²) in [6.45, 7) is 5.63. The number of alkyl carbamates (subject to hydrolysis) is 1. The normalized spacial score (nSPS) is 17.1. The van der Waals surface area contributed by atoms with E-state index in [1.165, 1.54) is 16.6 Å². The van der Waals surface area contributed by atoms with E-state index < -0.39 is 23.7 Å². The second-order valence-corrected chi connectivity index (χ2v) is 6.92. The van der Waals surface area contributed by atoms with Crippen LogP contribution in [0.5, 0.6) is 0 Å². The number of esters is 1. The summed E-state index contributed by atoms with van der Waals surface area (Å²) in [6.07, 6.45) is 3.23. The van der Waals surface area contributed by atoms with Crippen LogP contribution in [0.15, 0.2) is 12.5 Å². The van der Waals surface area contributed by atoms with Crippen LogP contribution in [0.3, 0.4) is 0 Å². The number of carbonyl (C=O) groups excluding carboxylic acids is 3. The maximum Gasteiger partial charge on any atom is 0.416 e. The zero-order chi connectivity index (χ0) is 18.8. The van der Waals surface area contributed by atoms with Crippen molar-refractivity contribution in [2.75, 3.05) is 20.2 Å². The summed E-state index contributed by atoms with van der Waals surface area (Å²) in [6, 6.07) is -1.05. The molecule has 2 rings (SSSR count). The van der Waals surface area contributed by atoms with Gasteiger partial charge < -0.3 is 14.8 Å². The maximum atomic E-state index is 12.7. The number of fused-ring (bicyclic) bond motifs is 1. The molecule has 138 valence electrons. The maximum absolute atomic E-state index is 12.7. The van der Waals surface area contributed by atoms with Crippen LogP contribution < -0.4 is 9.88 Å². The molecule has 1 aromatic heterocycles. The third-order valence-corrected chi connectivity index (χ3v) is 3.68. The second kappa shape index (κ2) is 7.12. The van der Waals surface area contributed by atoms with E-state index in [0.29, 0.717) is 6.42 Å². The van der Waals surface area contributed by atoms with Crippen molar-refractivity contribution in [1.82, 2.24) is 14.8 Å². The Morgan fingerprint density at radius 3 is 2.68 bits per heavy atom. The van der Waals surface area contributed by atoms with Gasteiger partial charge in [-0.2, -0.15) is 0 Å². The molecule has 0 aromatic carbocycles. The number of ether oxygens (including phenoxy) is 2. The van der Waals surface area contributed by atoms with Crippen molar-refractivity contribution in [2.24, 2.45) is 7.05 Å². The lowest BCUT2D eigenvalue weighted by Gasteiger charge is -2.31. The molecule has 9 nitrogen and oxygen atoms in total. The van der Waals surface area contributed by atoms with Gasteiger partial charge in [-0.25, -0.2) is 19.0 Å². The van der Waals surface area contributed by atoms with E-state index in [-0.39, 0.29) is 19.1 Å². The number of methoxy groups -OCH3 is 1. The fraction of sp³-hybridized carbons (Fsp3) is 0.625. The van der Waals surface area contributed by atoms with E-state index in [9.17, 15) is 14.4 Å². The molecular weight excluding hydrogens is 328 g/mol. The van der Waals surface area contributed by atoms with Gasteiger partial charge in [-0.05, 0) is 20.8 Å². The summed E-state index contributed by atoms with van der Waals surface area (Å²) < 4.78 is 13.2. The predicted molar refractivity (Wildman–Crippen MR) is 86.9 cm³/mol. The molecule has 25 heavy (non-hydrogen) atoms. The molecule has 1 N–H and O–H groups in total. The number of amides is 2. The van der Waals surface area contributed by atoms with E-state index in [2.05, 4.69) is 5.32 Å². The van der Waals surface area contributed by atoms with Crippen molar-refractivity contribution in [3.63, 3.8) is 0 Å². The van der Waals surface area contributed by atoms with Crippen molar-refractivity contribution in [1.29, 1.82) is 0 Å². The molecule has 2 heterocycles. The molecule has 0 unspecified atom stereocenters. The fourth-order valence-corrected chi connectivity index (χ4v) is 2.68. The van der Waals surface area contributed by atoms with Gasteiger partial charge in [0.25, 0.3) is 6.33 Å². The molecule has 2 amide bonds. The first-order chi connectivity index (χ1) is 11.6. The first-order valence-corrected chi connectivity index (χ1v) is 8.04. The molecule has 0 fully saturated rings. The highest BCUT2D eigenvalue weighted by molar-refractivity contribution is 5.87. The number of aryl methyl sites for hydroxylation is 1. The number of aromatic nitrogens is 2. The largest absolute Gasteiger partial charge is 0.467 e. The highest BCUT2D eigenvalue weighted by Crippen LogP contribution is 2.18. The van der Waals surface area contributed by atoms with Gasteiger partial charge in [0, 0.05) is 19.5 Å². The van der Waals surface area contributed by atoms with Gasteiger partial charge in [0.15, 0.2) is 5.69 Å². The summed E-state index contributed by atoms with van der Waals surface area (Å²) in [5, 5.41) is 2.59. The molecule has 0 saturated carbocycles. The molecule has 0 bridgehead atoms. The van der Waals surface area contributed by atoms with Crippen molar-refractivity contribution in [3.05, 3.63) is 18.2 Å². The van der Waals surface area contributed by atoms with Gasteiger partial charge in [-0.3, -0.25) is 4.90 Å². The number of nitrogens with zero attached hydrogens (tertiary/aromatic N) is 3. The quantitative estimate of drug-likeness (QED) is 0.617. The van der Waals surface area contributed by atoms with Gasteiger partial charge in [0.1, 0.15) is 17.8 Å². The van der Waals surface area contributed by atoms with E-state index in [1.807, 2.05) is 0 Å². The van der Waals surface area contributed by atoms with Gasteiger partial charge in [-0.1, -0.05) is 0 Å². The lowest BCUT2D eigenvalue weighted by atomic mass is 10.1. The Morgan fingerprint density at radius 1 is 1.40 bits per heavy atom. The molecular formula is C16H25N4O5+. The van der Waals surface area contributed by atoms with Gasteiger partial charge in [0.05, 0.1) is 14.2 Å². The highest BCUT2D eigenvalue weighted by Gasteiger charge is 2.41. The topological polar surface area (TPSA) is 93.8 Å². The third kappa shape index (κ3) is 4.49. The lowest BCUT2D eigenvalue weighted by molar-refractivity contribution is -0.670. The Morgan fingerprint density at radius 2 is 2.08 bits per heavy atom. The molecule has 1 aliphatic rings. The molecule has 0 spiro atoms. The minimum absolute atomic E-state index is 0.164. The van der Waals surface area contributed by atoms with Crippen LogP contribution in [0.1, 0.15) is 26.5 Å². The molecule has 9 heteroatoms. The average Bonchev–Trinajstić information content (AvgIpc) is 2.87. The summed E-state index contributed by atoms with van der Waals surface area (Å²) in [5.74, 6) is -0.485. The average molecular weight is 353 g/mol. The van der Waals surface area contributed by atoms with Crippen LogP contribution in [0, 0.1) is 0 Å². The number of hydrogen-bond donors (Lipinski definition) is 1. The van der Waals surface area contributed by atoms with Crippen LogP contribution in [0.2, 0.25) is 0 Å². The Labute approximate surface area is 146 Å². The predicted octanol–water partition coefficient (Wildman–Crippen LogP) is 0.205. The van der Waals surface area contributed by atoms with Crippen LogP contribution >= 0.6 is 0 Å². The summed E-state index contributed by atoms with van der Waals surface area (Å²) in [7, 11) is 3.09. The standard InChI is InChI=1S/C16H24N4O5/c1-16(2,3)25-14(22)17-6-7-19-12(13(21)24-5)8-11-9-18(4)10-20(11)15(19)23/h9-10,12H,6-8H2,1-5H3/p+1/t12-/m0/s1. The molecule has 0 radical (unpaired) electrons. The zero-order valence-electron chi connectivity index (χ0n) is 15.2. The Bertz CT molecular complexity index is 677.